The number of carbonyl (C=O) groups excluding carboxylic acids is 2. The number of hydrogen-bond acceptors (Lipinski definition) is 6. The van der Waals surface area contributed by atoms with Crippen molar-refractivity contribution >= 4 is 17.3 Å². The smallest absolute Gasteiger partial charge is 0.198 e. The molecule has 1 unspecified atom stereocenters. The van der Waals surface area contributed by atoms with Crippen molar-refractivity contribution in [2.45, 2.75) is 6.04 Å². The topological polar surface area (TPSA) is 116 Å². The van der Waals surface area contributed by atoms with Crippen LogP contribution in [0.25, 0.3) is 0 Å². The number of nitrogens with two attached hydrogens (primary N) is 2. The van der Waals surface area contributed by atoms with Gasteiger partial charge in [0.05, 0.1) is 22.9 Å². The monoisotopic (exact) mass is 374 g/mol. The van der Waals surface area contributed by atoms with Crippen LogP contribution in [0.1, 0.15) is 43.4 Å². The summed E-state index contributed by atoms with van der Waals surface area (Å²) in [5, 5.41) is 10.4. The molecule has 3 aromatic carbocycles. The lowest BCUT2D eigenvalue weighted by molar-refractivity contribution is 0.0977. The van der Waals surface area contributed by atoms with E-state index in [9.17, 15) is 14.7 Å². The maximum Gasteiger partial charge on any atom is 0.198 e. The third kappa shape index (κ3) is 2.80. The van der Waals surface area contributed by atoms with Gasteiger partial charge in [-0.15, -0.1) is 0 Å². The molecule has 6 nitrogen and oxygen atoms in total. The largest absolute Gasteiger partial charge is 0.507 e. The first-order valence-corrected chi connectivity index (χ1v) is 8.76. The Balaban J connectivity index is 1.70. The third-order valence-electron chi connectivity index (χ3n) is 4.83. The summed E-state index contributed by atoms with van der Waals surface area (Å²) in [4.78, 5) is 25.7. The van der Waals surface area contributed by atoms with Gasteiger partial charge in [-0.25, -0.2) is 0 Å². The molecule has 1 atom stereocenters. The zero-order valence-electron chi connectivity index (χ0n) is 14.9. The summed E-state index contributed by atoms with van der Waals surface area (Å²) in [6.07, 6.45) is 0. The zero-order valence-corrected chi connectivity index (χ0v) is 14.9. The minimum Gasteiger partial charge on any atom is -0.507 e. The van der Waals surface area contributed by atoms with Gasteiger partial charge in [-0.05, 0) is 5.56 Å². The lowest BCUT2D eigenvalue weighted by Gasteiger charge is -2.22. The molecule has 3 aromatic rings. The Morgan fingerprint density at radius 3 is 2.11 bits per heavy atom. The fraction of sp³-hybridized carbons (Fsp3) is 0.0909. The van der Waals surface area contributed by atoms with Gasteiger partial charge in [-0.1, -0.05) is 54.6 Å². The summed E-state index contributed by atoms with van der Waals surface area (Å²) in [7, 11) is 0. The Bertz CT molecular complexity index is 1090. The van der Waals surface area contributed by atoms with Crippen molar-refractivity contribution in [1.29, 1.82) is 0 Å². The second-order valence-corrected chi connectivity index (χ2v) is 6.59. The molecule has 0 radical (unpaired) electrons. The summed E-state index contributed by atoms with van der Waals surface area (Å²) in [5.74, 6) is -1.10. The van der Waals surface area contributed by atoms with Crippen LogP contribution >= 0.6 is 0 Å². The number of fused-ring (bicyclic) bond motifs is 2. The van der Waals surface area contributed by atoms with Gasteiger partial charge in [-0.2, -0.15) is 0 Å². The fourth-order valence-electron chi connectivity index (χ4n) is 3.37. The number of phenols is 1. The van der Waals surface area contributed by atoms with Gasteiger partial charge in [0.15, 0.2) is 11.6 Å². The van der Waals surface area contributed by atoms with E-state index in [1.165, 1.54) is 6.07 Å². The quantitative estimate of drug-likeness (QED) is 0.374. The van der Waals surface area contributed by atoms with E-state index in [1.807, 2.05) is 30.3 Å². The van der Waals surface area contributed by atoms with Crippen molar-refractivity contribution in [2.24, 2.45) is 5.73 Å². The molecule has 0 saturated heterocycles. The summed E-state index contributed by atoms with van der Waals surface area (Å²) in [6, 6.07) is 16.7. The number of benzene rings is 3. The van der Waals surface area contributed by atoms with Gasteiger partial charge in [0.1, 0.15) is 18.1 Å². The highest BCUT2D eigenvalue weighted by molar-refractivity contribution is 6.31. The standard InChI is InChI=1S/C22H18N2O4/c23-15(12-6-2-1-3-7-12)11-28-17-10-16(25)18-19(20(17)24)22(27)14-9-5-4-8-13(14)21(18)26/h1-10,15,25H,11,23-24H2. The molecule has 0 fully saturated rings. The van der Waals surface area contributed by atoms with Gasteiger partial charge in [-0.3, -0.25) is 9.59 Å². The van der Waals surface area contributed by atoms with Crippen LogP contribution in [0.5, 0.6) is 11.5 Å². The van der Waals surface area contributed by atoms with Crippen LogP contribution in [0.3, 0.4) is 0 Å². The number of carbonyl (C=O) groups is 2. The normalized spacial score (nSPS) is 13.6. The number of aromatic hydroxyl groups is 1. The van der Waals surface area contributed by atoms with E-state index in [-0.39, 0.29) is 46.0 Å². The molecule has 140 valence electrons. The lowest BCUT2D eigenvalue weighted by atomic mass is 9.82. The van der Waals surface area contributed by atoms with Crippen molar-refractivity contribution < 1.29 is 19.4 Å². The summed E-state index contributed by atoms with van der Waals surface area (Å²) in [5.41, 5.74) is 13.5. The Kier molecular flexibility index (Phi) is 4.33. The number of hydrogen-bond donors (Lipinski definition) is 3. The highest BCUT2D eigenvalue weighted by atomic mass is 16.5. The van der Waals surface area contributed by atoms with Crippen LogP contribution in [0.4, 0.5) is 5.69 Å². The van der Waals surface area contributed by atoms with E-state index in [1.54, 1.807) is 24.3 Å². The second-order valence-electron chi connectivity index (χ2n) is 6.59. The molecule has 1 aliphatic rings. The van der Waals surface area contributed by atoms with E-state index in [0.29, 0.717) is 0 Å². The molecule has 0 aromatic heterocycles. The first-order chi connectivity index (χ1) is 13.5. The minimum atomic E-state index is -0.443. The molecular weight excluding hydrogens is 356 g/mol. The first kappa shape index (κ1) is 17.8. The highest BCUT2D eigenvalue weighted by Crippen LogP contribution is 2.41. The van der Waals surface area contributed by atoms with E-state index in [4.69, 9.17) is 16.2 Å². The number of nitrogen functional groups attached to an aromatic ring is 1. The van der Waals surface area contributed by atoms with Gasteiger partial charge in [0.25, 0.3) is 0 Å². The van der Waals surface area contributed by atoms with Gasteiger partial charge in [0.2, 0.25) is 0 Å². The summed E-state index contributed by atoms with van der Waals surface area (Å²) < 4.78 is 5.70. The Morgan fingerprint density at radius 2 is 1.46 bits per heavy atom. The summed E-state index contributed by atoms with van der Waals surface area (Å²) in [6.45, 7) is 0.0885. The molecule has 4 rings (SSSR count). The van der Waals surface area contributed by atoms with Gasteiger partial charge >= 0.3 is 0 Å². The number of anilines is 1. The van der Waals surface area contributed by atoms with Crippen LogP contribution in [-0.4, -0.2) is 23.3 Å². The second kappa shape index (κ2) is 6.83. The van der Waals surface area contributed by atoms with Crippen LogP contribution in [0.15, 0.2) is 60.7 Å². The zero-order chi connectivity index (χ0) is 19.8. The Hall–Kier alpha value is -3.64. The molecule has 0 saturated carbocycles. The molecule has 6 heteroatoms. The van der Waals surface area contributed by atoms with Crippen molar-refractivity contribution in [3.63, 3.8) is 0 Å². The van der Waals surface area contributed by atoms with E-state index in [2.05, 4.69) is 0 Å². The molecule has 0 bridgehead atoms. The molecule has 0 spiro atoms. The maximum absolute atomic E-state index is 12.9. The molecule has 0 amide bonds. The number of ether oxygens (including phenoxy) is 1. The SMILES string of the molecule is Nc1c(OCC(N)c2ccccc2)cc(O)c2c1C(=O)c1ccccc1C2=O. The van der Waals surface area contributed by atoms with Crippen LogP contribution < -0.4 is 16.2 Å². The Labute approximate surface area is 161 Å². The van der Waals surface area contributed by atoms with Crippen molar-refractivity contribution in [2.75, 3.05) is 12.3 Å². The first-order valence-electron chi connectivity index (χ1n) is 8.76. The summed E-state index contributed by atoms with van der Waals surface area (Å²) >= 11 is 0. The van der Waals surface area contributed by atoms with Crippen LogP contribution in [-0.2, 0) is 0 Å². The van der Waals surface area contributed by atoms with Gasteiger partial charge < -0.3 is 21.3 Å². The maximum atomic E-state index is 12.9. The lowest BCUT2D eigenvalue weighted by Crippen LogP contribution is -2.24. The van der Waals surface area contributed by atoms with Crippen molar-refractivity contribution in [1.82, 2.24) is 0 Å². The van der Waals surface area contributed by atoms with E-state index < -0.39 is 17.6 Å². The van der Waals surface area contributed by atoms with Crippen molar-refractivity contribution in [3.05, 3.63) is 88.5 Å². The molecule has 5 N–H and O–H groups in total. The van der Waals surface area contributed by atoms with Crippen molar-refractivity contribution in [3.8, 4) is 11.5 Å². The number of phenolic OH excluding ortho intramolecular Hbond substituents is 1. The number of rotatable bonds is 4. The highest BCUT2D eigenvalue weighted by Gasteiger charge is 2.35. The average molecular weight is 374 g/mol. The predicted molar refractivity (Wildman–Crippen MR) is 105 cm³/mol. The number of ketones is 2. The minimum absolute atomic E-state index is 0.0147. The fourth-order valence-corrected chi connectivity index (χ4v) is 3.37. The van der Waals surface area contributed by atoms with Crippen LogP contribution in [0, 0.1) is 0 Å². The molecule has 28 heavy (non-hydrogen) atoms. The Morgan fingerprint density at radius 1 is 0.893 bits per heavy atom. The molecule has 0 heterocycles. The third-order valence-corrected chi connectivity index (χ3v) is 4.83. The van der Waals surface area contributed by atoms with Crippen LogP contribution in [0.2, 0.25) is 0 Å². The van der Waals surface area contributed by atoms with E-state index >= 15 is 0 Å². The predicted octanol–water partition coefficient (Wildman–Crippen LogP) is 2.83. The molecule has 0 aliphatic heterocycles. The molecule has 1 aliphatic carbocycles. The van der Waals surface area contributed by atoms with Gasteiger partial charge in [0, 0.05) is 17.2 Å². The molecular formula is C22H18N2O4. The van der Waals surface area contributed by atoms with E-state index in [0.717, 1.165) is 5.56 Å². The average Bonchev–Trinajstić information content (AvgIpc) is 2.72.